The van der Waals surface area contributed by atoms with Gasteiger partial charge in [-0.3, -0.25) is 0 Å². The average Bonchev–Trinajstić information content (AvgIpc) is 2.38. The molecule has 0 aliphatic heterocycles. The Morgan fingerprint density at radius 3 is 2.78 bits per heavy atom. The molecule has 2 N–H and O–H groups in total. The second kappa shape index (κ2) is 5.41. The smallest absolute Gasteiger partial charge is 0.150 e. The van der Waals surface area contributed by atoms with Crippen molar-refractivity contribution in [1.82, 2.24) is 9.97 Å². The van der Waals surface area contributed by atoms with Crippen molar-refractivity contribution in [3.63, 3.8) is 0 Å². The molecule has 18 heavy (non-hydrogen) atoms. The number of para-hydroxylation sites is 1. The Balaban J connectivity index is 2.50. The lowest BCUT2D eigenvalue weighted by molar-refractivity contribution is 1.06. The Kier molecular flexibility index (Phi) is 3.88. The van der Waals surface area contributed by atoms with Crippen LogP contribution in [0.15, 0.2) is 41.3 Å². The van der Waals surface area contributed by atoms with E-state index >= 15 is 0 Å². The van der Waals surface area contributed by atoms with Crippen LogP contribution in [0, 0.1) is 0 Å². The summed E-state index contributed by atoms with van der Waals surface area (Å²) in [6.45, 7) is 0. The van der Waals surface area contributed by atoms with Crippen molar-refractivity contribution in [3.8, 4) is 0 Å². The van der Waals surface area contributed by atoms with Crippen LogP contribution >= 0.6 is 28.1 Å². The fourth-order valence-electron chi connectivity index (χ4n) is 1.64. The minimum Gasteiger partial charge on any atom is -0.389 e. The molecule has 0 atom stereocenters. The van der Waals surface area contributed by atoms with Gasteiger partial charge in [-0.1, -0.05) is 24.4 Å². The molecule has 0 bridgehead atoms. The topological polar surface area (TPSA) is 55.0 Å². The molecule has 6 heteroatoms. The molecule has 0 aliphatic rings. The molecule has 1 heterocycles. The Morgan fingerprint density at radius 2 is 2.11 bits per heavy atom. The monoisotopic (exact) mass is 322 g/mol. The van der Waals surface area contributed by atoms with Crippen LogP contribution in [0.25, 0.3) is 0 Å². The van der Waals surface area contributed by atoms with Crippen molar-refractivity contribution < 1.29 is 0 Å². The highest BCUT2D eigenvalue weighted by molar-refractivity contribution is 9.10. The zero-order valence-electron chi connectivity index (χ0n) is 9.67. The highest BCUT2D eigenvalue weighted by Gasteiger charge is 2.13. The zero-order chi connectivity index (χ0) is 13.1. The average molecular weight is 323 g/mol. The van der Waals surface area contributed by atoms with E-state index in [2.05, 4.69) is 25.9 Å². The zero-order valence-corrected chi connectivity index (χ0v) is 12.1. The van der Waals surface area contributed by atoms with E-state index in [1.807, 2.05) is 36.2 Å². The van der Waals surface area contributed by atoms with Crippen LogP contribution in [-0.2, 0) is 0 Å². The summed E-state index contributed by atoms with van der Waals surface area (Å²) in [5, 5.41) is 0. The summed E-state index contributed by atoms with van der Waals surface area (Å²) in [5.74, 6) is 0.758. The number of nitrogens with two attached hydrogens (primary N) is 1. The van der Waals surface area contributed by atoms with Gasteiger partial charge in [-0.2, -0.15) is 0 Å². The molecule has 92 valence electrons. The first-order chi connectivity index (χ1) is 8.61. The third-order valence-corrected chi connectivity index (χ3v) is 3.28. The first-order valence-corrected chi connectivity index (χ1v) is 6.39. The van der Waals surface area contributed by atoms with Crippen LogP contribution in [0.2, 0.25) is 0 Å². The highest BCUT2D eigenvalue weighted by Crippen LogP contribution is 2.29. The lowest BCUT2D eigenvalue weighted by Crippen LogP contribution is -2.18. The highest BCUT2D eigenvalue weighted by atomic mass is 79.9. The molecule has 0 unspecified atom stereocenters. The minimum absolute atomic E-state index is 0.364. The molecule has 0 fully saturated rings. The van der Waals surface area contributed by atoms with E-state index in [-0.39, 0.29) is 0 Å². The number of halogens is 1. The van der Waals surface area contributed by atoms with Crippen LogP contribution in [0.1, 0.15) is 5.56 Å². The number of aromatic nitrogens is 2. The summed E-state index contributed by atoms with van der Waals surface area (Å²) in [6, 6.07) is 7.68. The molecule has 2 rings (SSSR count). The van der Waals surface area contributed by atoms with E-state index in [0.29, 0.717) is 4.99 Å². The quantitative estimate of drug-likeness (QED) is 0.880. The predicted molar refractivity (Wildman–Crippen MR) is 80.1 cm³/mol. The predicted octanol–water partition coefficient (Wildman–Crippen LogP) is 2.64. The molecule has 0 aliphatic carbocycles. The van der Waals surface area contributed by atoms with Crippen LogP contribution in [0.3, 0.4) is 0 Å². The molecule has 0 saturated heterocycles. The maximum atomic E-state index is 5.73. The maximum Gasteiger partial charge on any atom is 0.150 e. The minimum atomic E-state index is 0.364. The first-order valence-electron chi connectivity index (χ1n) is 5.19. The molecular formula is C12H11BrN4S. The molecule has 2 aromatic rings. The van der Waals surface area contributed by atoms with Crippen molar-refractivity contribution in [1.29, 1.82) is 0 Å². The number of rotatable bonds is 3. The van der Waals surface area contributed by atoms with Gasteiger partial charge in [-0.25, -0.2) is 9.97 Å². The lowest BCUT2D eigenvalue weighted by atomic mass is 10.1. The van der Waals surface area contributed by atoms with Gasteiger partial charge in [0.1, 0.15) is 11.3 Å². The van der Waals surface area contributed by atoms with Crippen LogP contribution in [0.4, 0.5) is 11.5 Å². The van der Waals surface area contributed by atoms with E-state index in [0.717, 1.165) is 21.5 Å². The van der Waals surface area contributed by atoms with E-state index in [4.69, 9.17) is 18.0 Å². The molecular weight excluding hydrogens is 312 g/mol. The number of benzene rings is 1. The van der Waals surface area contributed by atoms with E-state index < -0.39 is 0 Å². The second-order valence-corrected chi connectivity index (χ2v) is 4.93. The number of anilines is 2. The molecule has 1 aromatic carbocycles. The molecule has 4 nitrogen and oxygen atoms in total. The summed E-state index contributed by atoms with van der Waals surface area (Å²) >= 11 is 8.48. The Labute approximate surface area is 119 Å². The van der Waals surface area contributed by atoms with Crippen molar-refractivity contribution in [2.75, 3.05) is 11.9 Å². The Bertz CT molecular complexity index is 588. The Morgan fingerprint density at radius 1 is 1.39 bits per heavy atom. The maximum absolute atomic E-state index is 5.73. The van der Waals surface area contributed by atoms with Crippen LogP contribution in [0.5, 0.6) is 0 Å². The van der Waals surface area contributed by atoms with E-state index in [1.165, 1.54) is 6.33 Å². The van der Waals surface area contributed by atoms with Crippen molar-refractivity contribution >= 4 is 44.6 Å². The summed E-state index contributed by atoms with van der Waals surface area (Å²) in [4.78, 5) is 10.5. The first kappa shape index (κ1) is 12.9. The van der Waals surface area contributed by atoms with Gasteiger partial charge in [-0.05, 0) is 28.1 Å². The number of hydrogen-bond donors (Lipinski definition) is 1. The third-order valence-electron chi connectivity index (χ3n) is 2.50. The van der Waals surface area contributed by atoms with Gasteiger partial charge in [0, 0.05) is 18.8 Å². The molecule has 0 saturated carbocycles. The number of thiocarbonyl (C=S) groups is 1. The molecule has 1 aromatic heterocycles. The fraction of sp³-hybridized carbons (Fsp3) is 0.0833. The summed E-state index contributed by atoms with van der Waals surface area (Å²) in [5.41, 5.74) is 7.46. The van der Waals surface area contributed by atoms with Crippen molar-refractivity contribution in [2.45, 2.75) is 0 Å². The summed E-state index contributed by atoms with van der Waals surface area (Å²) in [6.07, 6.45) is 3.20. The number of nitrogens with zero attached hydrogens (tertiary/aromatic N) is 3. The van der Waals surface area contributed by atoms with Gasteiger partial charge in [0.15, 0.2) is 5.82 Å². The van der Waals surface area contributed by atoms with Crippen LogP contribution in [-0.4, -0.2) is 22.0 Å². The van der Waals surface area contributed by atoms with E-state index in [1.54, 1.807) is 6.20 Å². The molecule has 0 amide bonds. The molecule has 0 spiro atoms. The van der Waals surface area contributed by atoms with Crippen LogP contribution < -0.4 is 10.6 Å². The van der Waals surface area contributed by atoms with Gasteiger partial charge < -0.3 is 10.6 Å². The molecule has 0 radical (unpaired) electrons. The largest absolute Gasteiger partial charge is 0.389 e. The fourth-order valence-corrected chi connectivity index (χ4v) is 2.30. The number of hydrogen-bond acceptors (Lipinski definition) is 4. The van der Waals surface area contributed by atoms with Gasteiger partial charge in [0.25, 0.3) is 0 Å². The van der Waals surface area contributed by atoms with Gasteiger partial charge in [-0.15, -0.1) is 0 Å². The van der Waals surface area contributed by atoms with Gasteiger partial charge >= 0.3 is 0 Å². The summed E-state index contributed by atoms with van der Waals surface area (Å²) < 4.78 is 0.810. The standard InChI is InChI=1S/C12H11BrN4S/c1-17(12-9(13)6-15-7-16-12)10-5-3-2-4-8(10)11(14)18/h2-7H,1H3,(H2,14,18). The van der Waals surface area contributed by atoms with Gasteiger partial charge in [0.05, 0.1) is 10.2 Å². The third kappa shape index (κ3) is 2.49. The van der Waals surface area contributed by atoms with E-state index in [9.17, 15) is 0 Å². The Hall–Kier alpha value is -1.53. The van der Waals surface area contributed by atoms with Crippen molar-refractivity contribution in [3.05, 3.63) is 46.8 Å². The summed E-state index contributed by atoms with van der Waals surface area (Å²) in [7, 11) is 1.91. The lowest BCUT2D eigenvalue weighted by Gasteiger charge is -2.21. The normalized spacial score (nSPS) is 10.1. The second-order valence-electron chi connectivity index (χ2n) is 3.63. The van der Waals surface area contributed by atoms with Gasteiger partial charge in [0.2, 0.25) is 0 Å². The van der Waals surface area contributed by atoms with Crippen molar-refractivity contribution in [2.24, 2.45) is 5.73 Å². The SMILES string of the molecule is CN(c1ccccc1C(N)=S)c1ncncc1Br.